The fourth-order valence-electron chi connectivity index (χ4n) is 4.15. The molecule has 9 heteroatoms. The molecule has 1 fully saturated rings. The van der Waals surface area contributed by atoms with Crippen LogP contribution in [-0.2, 0) is 4.74 Å². The second kappa shape index (κ2) is 9.51. The molecule has 33 heavy (non-hydrogen) atoms. The van der Waals surface area contributed by atoms with Gasteiger partial charge in [-0.05, 0) is 59.9 Å². The molecule has 8 nitrogen and oxygen atoms in total. The van der Waals surface area contributed by atoms with Gasteiger partial charge in [0.15, 0.2) is 0 Å². The SMILES string of the molecule is O=[N+]([O-])c1ccc(C=C2CCC(C=NNc3nc4ccccc4s3)=C2N2CCOCC2)cc1. The molecule has 2 aromatic carbocycles. The maximum Gasteiger partial charge on any atom is 0.269 e. The molecule has 2 heterocycles. The molecule has 1 saturated heterocycles. The van der Waals surface area contributed by atoms with Crippen LogP contribution in [0.25, 0.3) is 16.3 Å². The smallest absolute Gasteiger partial charge is 0.269 e. The zero-order chi connectivity index (χ0) is 22.6. The van der Waals surface area contributed by atoms with Crippen LogP contribution in [0.4, 0.5) is 10.8 Å². The number of fused-ring (bicyclic) bond motifs is 1. The molecule has 1 aliphatic carbocycles. The van der Waals surface area contributed by atoms with Crippen molar-refractivity contribution in [3.05, 3.63) is 81.1 Å². The number of non-ortho nitro benzene ring substituents is 1. The topological polar surface area (TPSA) is 92.9 Å². The van der Waals surface area contributed by atoms with Crippen LogP contribution in [0.15, 0.2) is 70.5 Å². The van der Waals surface area contributed by atoms with Crippen LogP contribution >= 0.6 is 11.3 Å². The summed E-state index contributed by atoms with van der Waals surface area (Å²) in [6.07, 6.45) is 5.80. The van der Waals surface area contributed by atoms with E-state index in [2.05, 4.69) is 26.5 Å². The van der Waals surface area contributed by atoms with Gasteiger partial charge in [-0.2, -0.15) is 5.10 Å². The van der Waals surface area contributed by atoms with Gasteiger partial charge in [0, 0.05) is 30.9 Å². The largest absolute Gasteiger partial charge is 0.378 e. The molecule has 0 saturated carbocycles. The third-order valence-corrected chi connectivity index (χ3v) is 6.66. The van der Waals surface area contributed by atoms with E-state index in [1.807, 2.05) is 30.5 Å². The molecule has 1 aromatic heterocycles. The monoisotopic (exact) mass is 461 g/mol. The molecule has 0 amide bonds. The number of hydrazone groups is 1. The van der Waals surface area contributed by atoms with Gasteiger partial charge in [-0.1, -0.05) is 23.5 Å². The Bertz CT molecular complexity index is 1220. The number of nitrogens with one attached hydrogen (secondary N) is 1. The number of para-hydroxylation sites is 1. The Morgan fingerprint density at radius 3 is 2.67 bits per heavy atom. The number of morpholine rings is 1. The highest BCUT2D eigenvalue weighted by Gasteiger charge is 2.25. The molecule has 0 spiro atoms. The van der Waals surface area contributed by atoms with Crippen molar-refractivity contribution in [1.29, 1.82) is 0 Å². The van der Waals surface area contributed by atoms with Crippen molar-refractivity contribution >= 4 is 44.7 Å². The Labute approximate surface area is 195 Å². The summed E-state index contributed by atoms with van der Waals surface area (Å²) in [5, 5.41) is 16.2. The van der Waals surface area contributed by atoms with E-state index >= 15 is 0 Å². The van der Waals surface area contributed by atoms with Crippen LogP contribution in [0.5, 0.6) is 0 Å². The van der Waals surface area contributed by atoms with Gasteiger partial charge in [-0.15, -0.1) is 0 Å². The molecular weight excluding hydrogens is 438 g/mol. The summed E-state index contributed by atoms with van der Waals surface area (Å²) < 4.78 is 6.67. The number of rotatable bonds is 6. The Balaban J connectivity index is 1.40. The first kappa shape index (κ1) is 21.3. The number of nitrogens with zero attached hydrogens (tertiary/aromatic N) is 4. The van der Waals surface area contributed by atoms with Gasteiger partial charge in [0.2, 0.25) is 5.13 Å². The molecule has 0 bridgehead atoms. The van der Waals surface area contributed by atoms with Crippen molar-refractivity contribution in [2.24, 2.45) is 5.10 Å². The fourth-order valence-corrected chi connectivity index (χ4v) is 4.97. The predicted molar refractivity (Wildman–Crippen MR) is 131 cm³/mol. The lowest BCUT2D eigenvalue weighted by atomic mass is 10.1. The predicted octanol–water partition coefficient (Wildman–Crippen LogP) is 5.07. The number of nitro benzene ring substituents is 1. The number of anilines is 1. The van der Waals surface area contributed by atoms with Crippen molar-refractivity contribution in [2.75, 3.05) is 31.7 Å². The van der Waals surface area contributed by atoms with E-state index in [-0.39, 0.29) is 10.6 Å². The van der Waals surface area contributed by atoms with Crippen LogP contribution in [0, 0.1) is 10.1 Å². The highest BCUT2D eigenvalue weighted by atomic mass is 32.1. The lowest BCUT2D eigenvalue weighted by molar-refractivity contribution is -0.384. The third kappa shape index (κ3) is 4.79. The molecule has 1 N–H and O–H groups in total. The average Bonchev–Trinajstić information content (AvgIpc) is 3.43. The standard InChI is InChI=1S/C24H23N5O3S/c30-29(31)20-9-5-17(6-10-20)15-18-7-8-19(23(18)28-11-13-32-14-12-28)16-25-27-24-26-21-3-1-2-4-22(21)33-24/h1-6,9-10,15-16H,7-8,11-14H2,(H,26,27). The summed E-state index contributed by atoms with van der Waals surface area (Å²) in [6, 6.07) is 14.7. The van der Waals surface area contributed by atoms with E-state index in [9.17, 15) is 10.1 Å². The highest BCUT2D eigenvalue weighted by Crippen LogP contribution is 2.35. The number of hydrogen-bond donors (Lipinski definition) is 1. The number of allylic oxidation sites excluding steroid dienone is 2. The molecular formula is C24H23N5O3S. The molecule has 0 radical (unpaired) electrons. The quantitative estimate of drug-likeness (QED) is 0.313. The Kier molecular flexibility index (Phi) is 6.14. The molecule has 0 atom stereocenters. The lowest BCUT2D eigenvalue weighted by Crippen LogP contribution is -2.36. The number of nitro groups is 1. The normalized spacial score (nSPS) is 18.1. The van der Waals surface area contributed by atoms with Crippen molar-refractivity contribution < 1.29 is 9.66 Å². The Morgan fingerprint density at radius 1 is 1.12 bits per heavy atom. The number of thiazole rings is 1. The number of benzene rings is 2. The minimum Gasteiger partial charge on any atom is -0.378 e. The number of hydrogen-bond acceptors (Lipinski definition) is 8. The second-order valence-corrected chi connectivity index (χ2v) is 8.88. The summed E-state index contributed by atoms with van der Waals surface area (Å²) in [7, 11) is 0. The van der Waals surface area contributed by atoms with Gasteiger partial charge in [0.25, 0.3) is 5.69 Å². The molecule has 1 aliphatic heterocycles. The van der Waals surface area contributed by atoms with Gasteiger partial charge in [0.05, 0.1) is 34.6 Å². The summed E-state index contributed by atoms with van der Waals surface area (Å²) in [6.45, 7) is 3.05. The molecule has 3 aromatic rings. The van der Waals surface area contributed by atoms with Crippen LogP contribution < -0.4 is 5.43 Å². The molecule has 168 valence electrons. The van der Waals surface area contributed by atoms with Crippen LogP contribution in [-0.4, -0.2) is 47.3 Å². The van der Waals surface area contributed by atoms with Crippen molar-refractivity contribution in [1.82, 2.24) is 9.88 Å². The fraction of sp³-hybridized carbons (Fsp3) is 0.250. The molecule has 5 rings (SSSR count). The van der Waals surface area contributed by atoms with Gasteiger partial charge in [0.1, 0.15) is 0 Å². The van der Waals surface area contributed by atoms with E-state index < -0.39 is 0 Å². The first-order valence-electron chi connectivity index (χ1n) is 10.8. The van der Waals surface area contributed by atoms with Crippen molar-refractivity contribution in [2.45, 2.75) is 12.8 Å². The maximum absolute atomic E-state index is 11.0. The first-order chi connectivity index (χ1) is 16.2. The zero-order valence-corrected chi connectivity index (χ0v) is 18.8. The average molecular weight is 462 g/mol. The van der Waals surface area contributed by atoms with E-state index in [0.29, 0.717) is 13.2 Å². The Hall–Kier alpha value is -3.56. The number of aromatic nitrogens is 1. The van der Waals surface area contributed by atoms with E-state index in [0.717, 1.165) is 46.8 Å². The number of ether oxygens (including phenoxy) is 1. The maximum atomic E-state index is 11.0. The van der Waals surface area contributed by atoms with Crippen LogP contribution in [0.2, 0.25) is 0 Å². The van der Waals surface area contributed by atoms with Crippen LogP contribution in [0.1, 0.15) is 18.4 Å². The van der Waals surface area contributed by atoms with Crippen molar-refractivity contribution in [3.63, 3.8) is 0 Å². The minimum absolute atomic E-state index is 0.0984. The summed E-state index contributed by atoms with van der Waals surface area (Å²) in [5.41, 5.74) is 8.66. The minimum atomic E-state index is -0.376. The zero-order valence-electron chi connectivity index (χ0n) is 17.9. The molecule has 2 aliphatic rings. The van der Waals surface area contributed by atoms with E-state index in [1.54, 1.807) is 35.6 Å². The van der Waals surface area contributed by atoms with Gasteiger partial charge in [-0.3, -0.25) is 15.5 Å². The highest BCUT2D eigenvalue weighted by molar-refractivity contribution is 7.22. The summed E-state index contributed by atoms with van der Waals surface area (Å²) in [5.74, 6) is 0. The van der Waals surface area contributed by atoms with E-state index in [1.165, 1.54) is 16.8 Å². The van der Waals surface area contributed by atoms with E-state index in [4.69, 9.17) is 4.74 Å². The van der Waals surface area contributed by atoms with Gasteiger partial charge >= 0.3 is 0 Å². The third-order valence-electron chi connectivity index (χ3n) is 5.72. The first-order valence-corrected chi connectivity index (χ1v) is 11.6. The lowest BCUT2D eigenvalue weighted by Gasteiger charge is -2.31. The van der Waals surface area contributed by atoms with Crippen molar-refractivity contribution in [3.8, 4) is 0 Å². The summed E-state index contributed by atoms with van der Waals surface area (Å²) in [4.78, 5) is 17.5. The molecule has 0 unspecified atom stereocenters. The summed E-state index contributed by atoms with van der Waals surface area (Å²) >= 11 is 1.58. The second-order valence-electron chi connectivity index (χ2n) is 7.85. The Morgan fingerprint density at radius 2 is 1.91 bits per heavy atom. The van der Waals surface area contributed by atoms with Gasteiger partial charge in [-0.25, -0.2) is 4.98 Å². The van der Waals surface area contributed by atoms with Gasteiger partial charge < -0.3 is 9.64 Å². The van der Waals surface area contributed by atoms with Crippen LogP contribution in [0.3, 0.4) is 0 Å².